The minimum Gasteiger partial charge on any atom is -0.311 e. The Morgan fingerprint density at radius 1 is 1.47 bits per heavy atom. The van der Waals surface area contributed by atoms with Gasteiger partial charge in [0.1, 0.15) is 5.54 Å². The van der Waals surface area contributed by atoms with E-state index in [-0.39, 0.29) is 25.3 Å². The van der Waals surface area contributed by atoms with Crippen molar-refractivity contribution in [1.82, 2.24) is 10.2 Å². The molecule has 0 aromatic carbocycles. The maximum Gasteiger partial charge on any atom is 0.411 e. The van der Waals surface area contributed by atoms with E-state index in [0.717, 1.165) is 4.90 Å². The van der Waals surface area contributed by atoms with Gasteiger partial charge in [-0.1, -0.05) is 13.8 Å². The van der Waals surface area contributed by atoms with Gasteiger partial charge in [0.05, 0.1) is 12.7 Å². The van der Waals surface area contributed by atoms with E-state index in [1.54, 1.807) is 0 Å². The lowest BCUT2D eigenvalue weighted by atomic mass is 10.1. The molecule has 0 bridgehead atoms. The van der Waals surface area contributed by atoms with E-state index in [9.17, 15) is 18.0 Å². The van der Waals surface area contributed by atoms with Gasteiger partial charge in [-0.2, -0.15) is 13.2 Å². The molecule has 1 saturated carbocycles. The summed E-state index contributed by atoms with van der Waals surface area (Å²) in [6.45, 7) is 3.90. The Bertz CT molecular complexity index is 323. The molecule has 1 N–H and O–H groups in total. The summed E-state index contributed by atoms with van der Waals surface area (Å²) in [7, 11) is 0. The van der Waals surface area contributed by atoms with Gasteiger partial charge in [-0.25, -0.2) is 0 Å². The molecular formula is C11H17F3N2O. The summed E-state index contributed by atoms with van der Waals surface area (Å²) in [4.78, 5) is 12.7. The van der Waals surface area contributed by atoms with Crippen LogP contribution in [0.5, 0.6) is 0 Å². The Kier molecular flexibility index (Phi) is 2.88. The van der Waals surface area contributed by atoms with E-state index >= 15 is 0 Å². The molecule has 2 rings (SSSR count). The zero-order valence-electron chi connectivity index (χ0n) is 9.97. The molecule has 0 aromatic rings. The van der Waals surface area contributed by atoms with Crippen LogP contribution in [0.25, 0.3) is 0 Å². The minimum atomic E-state index is -4.32. The summed E-state index contributed by atoms with van der Waals surface area (Å²) in [6, 6.07) is 0. The maximum absolute atomic E-state index is 13.0. The third-order valence-electron chi connectivity index (χ3n) is 3.48. The van der Waals surface area contributed by atoms with Crippen molar-refractivity contribution in [1.29, 1.82) is 0 Å². The van der Waals surface area contributed by atoms with Crippen molar-refractivity contribution in [2.75, 3.05) is 6.54 Å². The van der Waals surface area contributed by atoms with Gasteiger partial charge < -0.3 is 4.90 Å². The lowest BCUT2D eigenvalue weighted by Crippen LogP contribution is -2.54. The van der Waals surface area contributed by atoms with Gasteiger partial charge in [-0.05, 0) is 25.2 Å². The number of hydrogen-bond donors (Lipinski definition) is 1. The molecular weight excluding hydrogens is 233 g/mol. The van der Waals surface area contributed by atoms with E-state index in [2.05, 4.69) is 5.32 Å². The number of nitrogens with one attached hydrogen (secondary N) is 1. The molecule has 6 heteroatoms. The Labute approximate surface area is 98.3 Å². The number of halogens is 3. The first-order chi connectivity index (χ1) is 7.78. The zero-order chi connectivity index (χ0) is 12.8. The molecule has 1 aliphatic heterocycles. The summed E-state index contributed by atoms with van der Waals surface area (Å²) >= 11 is 0. The molecule has 1 amide bonds. The van der Waals surface area contributed by atoms with Crippen LogP contribution in [-0.2, 0) is 4.79 Å². The third kappa shape index (κ3) is 2.03. The van der Waals surface area contributed by atoms with Gasteiger partial charge >= 0.3 is 6.18 Å². The van der Waals surface area contributed by atoms with Gasteiger partial charge in [0.15, 0.2) is 0 Å². The fourth-order valence-electron chi connectivity index (χ4n) is 2.51. The first-order valence-electron chi connectivity index (χ1n) is 5.90. The Morgan fingerprint density at radius 3 is 2.47 bits per heavy atom. The second kappa shape index (κ2) is 3.86. The molecule has 1 atom stereocenters. The number of hydrogen-bond acceptors (Lipinski definition) is 2. The predicted octanol–water partition coefficient (Wildman–Crippen LogP) is 1.89. The number of amides is 1. The van der Waals surface area contributed by atoms with Crippen molar-refractivity contribution in [3.8, 4) is 0 Å². The van der Waals surface area contributed by atoms with Crippen LogP contribution in [0.15, 0.2) is 0 Å². The molecule has 3 nitrogen and oxygen atoms in total. The second-order valence-corrected chi connectivity index (χ2v) is 5.32. The highest BCUT2D eigenvalue weighted by atomic mass is 19.4. The third-order valence-corrected chi connectivity index (χ3v) is 3.48. The second-order valence-electron chi connectivity index (χ2n) is 5.32. The summed E-state index contributed by atoms with van der Waals surface area (Å²) < 4.78 is 39.0. The topological polar surface area (TPSA) is 32.3 Å². The number of alkyl halides is 3. The van der Waals surface area contributed by atoms with Gasteiger partial charge in [0.25, 0.3) is 0 Å². The molecule has 2 aliphatic rings. The first kappa shape index (κ1) is 12.7. The molecule has 0 radical (unpaired) electrons. The summed E-state index contributed by atoms with van der Waals surface area (Å²) in [5, 5.41) is 2.88. The summed E-state index contributed by atoms with van der Waals surface area (Å²) in [5.74, 6) is -0.171. The summed E-state index contributed by atoms with van der Waals surface area (Å²) in [6.07, 6.45) is -4.14. The largest absolute Gasteiger partial charge is 0.411 e. The first-order valence-corrected chi connectivity index (χ1v) is 5.90. The van der Waals surface area contributed by atoms with Gasteiger partial charge in [-0.15, -0.1) is 0 Å². The van der Waals surface area contributed by atoms with Crippen LogP contribution in [-0.4, -0.2) is 35.2 Å². The van der Waals surface area contributed by atoms with Gasteiger partial charge in [0.2, 0.25) is 5.91 Å². The van der Waals surface area contributed by atoms with Crippen LogP contribution in [0.1, 0.15) is 33.1 Å². The van der Waals surface area contributed by atoms with Crippen molar-refractivity contribution in [3.63, 3.8) is 0 Å². The van der Waals surface area contributed by atoms with Crippen molar-refractivity contribution >= 4 is 5.91 Å². The Morgan fingerprint density at radius 2 is 2.06 bits per heavy atom. The number of rotatable bonds is 3. The molecule has 98 valence electrons. The minimum absolute atomic E-state index is 0.0230. The van der Waals surface area contributed by atoms with Crippen molar-refractivity contribution in [3.05, 3.63) is 0 Å². The highest BCUT2D eigenvalue weighted by Crippen LogP contribution is 2.55. The van der Waals surface area contributed by atoms with Crippen LogP contribution in [0.2, 0.25) is 0 Å². The normalized spacial score (nSPS) is 28.0. The van der Waals surface area contributed by atoms with E-state index < -0.39 is 23.8 Å². The molecule has 1 heterocycles. The molecule has 2 fully saturated rings. The quantitative estimate of drug-likeness (QED) is 0.829. The predicted molar refractivity (Wildman–Crippen MR) is 56.1 cm³/mol. The lowest BCUT2D eigenvalue weighted by Gasteiger charge is -2.35. The van der Waals surface area contributed by atoms with Crippen molar-refractivity contribution in [2.24, 2.45) is 5.92 Å². The molecule has 0 spiro atoms. The molecule has 1 aliphatic carbocycles. The Balaban J connectivity index is 2.20. The van der Waals surface area contributed by atoms with Crippen LogP contribution in [0.4, 0.5) is 13.2 Å². The SMILES string of the molecule is CC(C)CC1NCC(=O)N1C1(C(F)(F)F)CC1. The molecule has 0 aromatic heterocycles. The Hall–Kier alpha value is -0.780. The van der Waals surface area contributed by atoms with Gasteiger partial charge in [-0.3, -0.25) is 10.1 Å². The fourth-order valence-corrected chi connectivity index (χ4v) is 2.51. The highest BCUT2D eigenvalue weighted by Gasteiger charge is 2.69. The zero-order valence-corrected chi connectivity index (χ0v) is 9.97. The van der Waals surface area contributed by atoms with Crippen LogP contribution >= 0.6 is 0 Å². The van der Waals surface area contributed by atoms with Crippen molar-refractivity contribution < 1.29 is 18.0 Å². The summed E-state index contributed by atoms with van der Waals surface area (Å²) in [5.41, 5.74) is -1.88. The van der Waals surface area contributed by atoms with Crippen molar-refractivity contribution in [2.45, 2.75) is 51.0 Å². The fraction of sp³-hybridized carbons (Fsp3) is 0.909. The average Bonchev–Trinajstić information content (AvgIpc) is 2.88. The number of carbonyl (C=O) groups is 1. The molecule has 1 saturated heterocycles. The van der Waals surface area contributed by atoms with E-state index in [1.807, 2.05) is 13.8 Å². The standard InChI is InChI=1S/C11H17F3N2O/c1-7(2)5-8-15-6-9(17)16(8)10(3-4-10)11(12,13)14/h7-8,15H,3-6H2,1-2H3. The average molecular weight is 250 g/mol. The van der Waals surface area contributed by atoms with Gasteiger partial charge in [0, 0.05) is 0 Å². The lowest BCUT2D eigenvalue weighted by molar-refractivity contribution is -0.202. The molecule has 1 unspecified atom stereocenters. The highest BCUT2D eigenvalue weighted by molar-refractivity contribution is 5.82. The molecule has 17 heavy (non-hydrogen) atoms. The van der Waals surface area contributed by atoms with E-state index in [1.165, 1.54) is 0 Å². The smallest absolute Gasteiger partial charge is 0.311 e. The van der Waals surface area contributed by atoms with E-state index in [4.69, 9.17) is 0 Å². The number of nitrogens with zero attached hydrogens (tertiary/aromatic N) is 1. The van der Waals surface area contributed by atoms with E-state index in [0.29, 0.717) is 6.42 Å². The maximum atomic E-state index is 13.0. The monoisotopic (exact) mass is 250 g/mol. The number of carbonyl (C=O) groups excluding carboxylic acids is 1. The van der Waals surface area contributed by atoms with Crippen LogP contribution in [0.3, 0.4) is 0 Å². The van der Waals surface area contributed by atoms with Crippen LogP contribution in [0, 0.1) is 5.92 Å². The van der Waals surface area contributed by atoms with Crippen LogP contribution < -0.4 is 5.32 Å².